The SMILES string of the molecule is CCC1CCCN(C(=O)c2cn(-c3ccccc3)nn2)C1. The Morgan fingerprint density at radius 2 is 2.14 bits per heavy atom. The molecule has 5 heteroatoms. The number of piperidine rings is 1. The van der Waals surface area contributed by atoms with Crippen LogP contribution in [-0.4, -0.2) is 38.9 Å². The van der Waals surface area contributed by atoms with Gasteiger partial charge >= 0.3 is 0 Å². The van der Waals surface area contributed by atoms with E-state index in [4.69, 9.17) is 0 Å². The first-order valence-electron chi connectivity index (χ1n) is 7.55. The molecule has 0 aliphatic carbocycles. The molecule has 1 fully saturated rings. The summed E-state index contributed by atoms with van der Waals surface area (Å²) in [6.07, 6.45) is 5.14. The lowest BCUT2D eigenvalue weighted by Gasteiger charge is -2.31. The second-order valence-electron chi connectivity index (χ2n) is 5.55. The third-order valence-corrected chi connectivity index (χ3v) is 4.12. The molecular weight excluding hydrogens is 264 g/mol. The molecule has 1 unspecified atom stereocenters. The molecule has 1 atom stereocenters. The lowest BCUT2D eigenvalue weighted by atomic mass is 9.95. The van der Waals surface area contributed by atoms with Gasteiger partial charge in [-0.1, -0.05) is 36.8 Å². The molecule has 3 rings (SSSR count). The van der Waals surface area contributed by atoms with Crippen LogP contribution in [0.3, 0.4) is 0 Å². The van der Waals surface area contributed by atoms with E-state index in [2.05, 4.69) is 17.2 Å². The standard InChI is InChI=1S/C16H20N4O/c1-2-13-7-6-10-19(11-13)16(21)15-12-20(18-17-15)14-8-4-3-5-9-14/h3-5,8-9,12-13H,2,6-7,10-11H2,1H3. The Morgan fingerprint density at radius 3 is 2.90 bits per heavy atom. The van der Waals surface area contributed by atoms with Crippen LogP contribution in [0.1, 0.15) is 36.7 Å². The van der Waals surface area contributed by atoms with Crippen molar-refractivity contribution in [2.75, 3.05) is 13.1 Å². The summed E-state index contributed by atoms with van der Waals surface area (Å²) in [7, 11) is 0. The zero-order valence-corrected chi connectivity index (χ0v) is 12.3. The van der Waals surface area contributed by atoms with E-state index in [1.54, 1.807) is 10.9 Å². The average Bonchev–Trinajstić information content (AvgIpc) is 3.05. The monoisotopic (exact) mass is 284 g/mol. The van der Waals surface area contributed by atoms with Crippen molar-refractivity contribution in [3.8, 4) is 5.69 Å². The number of likely N-dealkylation sites (tertiary alicyclic amines) is 1. The zero-order chi connectivity index (χ0) is 14.7. The molecule has 1 aliphatic rings. The summed E-state index contributed by atoms with van der Waals surface area (Å²) in [6, 6.07) is 9.71. The Morgan fingerprint density at radius 1 is 1.33 bits per heavy atom. The maximum atomic E-state index is 12.5. The van der Waals surface area contributed by atoms with Crippen molar-refractivity contribution < 1.29 is 4.79 Å². The number of hydrogen-bond acceptors (Lipinski definition) is 3. The fourth-order valence-corrected chi connectivity index (χ4v) is 2.81. The van der Waals surface area contributed by atoms with Gasteiger partial charge in [-0.25, -0.2) is 4.68 Å². The molecule has 1 aliphatic heterocycles. The lowest BCUT2D eigenvalue weighted by Crippen LogP contribution is -2.39. The van der Waals surface area contributed by atoms with E-state index in [0.29, 0.717) is 11.6 Å². The molecule has 0 radical (unpaired) electrons. The van der Waals surface area contributed by atoms with E-state index in [1.165, 1.54) is 6.42 Å². The third-order valence-electron chi connectivity index (χ3n) is 4.12. The summed E-state index contributed by atoms with van der Waals surface area (Å²) in [6.45, 7) is 3.85. The van der Waals surface area contributed by atoms with Crippen molar-refractivity contribution in [3.63, 3.8) is 0 Å². The van der Waals surface area contributed by atoms with Gasteiger partial charge in [0, 0.05) is 13.1 Å². The average molecular weight is 284 g/mol. The van der Waals surface area contributed by atoms with Gasteiger partial charge in [-0.05, 0) is 30.9 Å². The fraction of sp³-hybridized carbons (Fsp3) is 0.438. The predicted molar refractivity (Wildman–Crippen MR) is 80.3 cm³/mol. The summed E-state index contributed by atoms with van der Waals surface area (Å²) in [5, 5.41) is 8.10. The molecule has 110 valence electrons. The Balaban J connectivity index is 1.75. The van der Waals surface area contributed by atoms with Crippen LogP contribution in [0.4, 0.5) is 0 Å². The van der Waals surface area contributed by atoms with Crippen molar-refractivity contribution >= 4 is 5.91 Å². The van der Waals surface area contributed by atoms with Crippen molar-refractivity contribution in [3.05, 3.63) is 42.2 Å². The molecule has 2 aromatic rings. The van der Waals surface area contributed by atoms with Gasteiger partial charge in [-0.15, -0.1) is 5.10 Å². The van der Waals surface area contributed by atoms with Crippen molar-refractivity contribution in [2.24, 2.45) is 5.92 Å². The van der Waals surface area contributed by atoms with Crippen LogP contribution in [0.5, 0.6) is 0 Å². The number of benzene rings is 1. The number of amides is 1. The molecule has 0 bridgehead atoms. The van der Waals surface area contributed by atoms with Gasteiger partial charge in [0.25, 0.3) is 5.91 Å². The number of hydrogen-bond donors (Lipinski definition) is 0. The minimum Gasteiger partial charge on any atom is -0.337 e. The first kappa shape index (κ1) is 13.8. The Hall–Kier alpha value is -2.17. The minimum absolute atomic E-state index is 0.00432. The van der Waals surface area contributed by atoms with E-state index in [-0.39, 0.29) is 5.91 Å². The van der Waals surface area contributed by atoms with Crippen LogP contribution in [0.15, 0.2) is 36.5 Å². The number of rotatable bonds is 3. The summed E-state index contributed by atoms with van der Waals surface area (Å²) in [5.74, 6) is 0.613. The Labute approximate surface area is 124 Å². The lowest BCUT2D eigenvalue weighted by molar-refractivity contribution is 0.0665. The van der Waals surface area contributed by atoms with Crippen LogP contribution in [0.2, 0.25) is 0 Å². The highest BCUT2D eigenvalue weighted by atomic mass is 16.2. The molecule has 1 aromatic carbocycles. The Bertz CT molecular complexity index is 608. The van der Waals surface area contributed by atoms with Gasteiger partial charge in [0.15, 0.2) is 5.69 Å². The molecule has 1 saturated heterocycles. The summed E-state index contributed by atoms with van der Waals surface area (Å²) in [4.78, 5) is 14.4. The number of carbonyl (C=O) groups excluding carboxylic acids is 1. The number of carbonyl (C=O) groups is 1. The maximum absolute atomic E-state index is 12.5. The zero-order valence-electron chi connectivity index (χ0n) is 12.3. The molecule has 2 heterocycles. The van der Waals surface area contributed by atoms with Crippen LogP contribution in [-0.2, 0) is 0 Å². The van der Waals surface area contributed by atoms with Crippen LogP contribution < -0.4 is 0 Å². The van der Waals surface area contributed by atoms with Crippen LogP contribution >= 0.6 is 0 Å². The molecule has 5 nitrogen and oxygen atoms in total. The fourth-order valence-electron chi connectivity index (χ4n) is 2.81. The normalized spacial score (nSPS) is 18.7. The van der Waals surface area contributed by atoms with Gasteiger partial charge in [0.05, 0.1) is 11.9 Å². The quantitative estimate of drug-likeness (QED) is 0.870. The van der Waals surface area contributed by atoms with E-state index < -0.39 is 0 Å². The molecule has 1 amide bonds. The van der Waals surface area contributed by atoms with Crippen LogP contribution in [0, 0.1) is 5.92 Å². The first-order valence-corrected chi connectivity index (χ1v) is 7.55. The van der Waals surface area contributed by atoms with Crippen molar-refractivity contribution in [1.29, 1.82) is 0 Å². The van der Waals surface area contributed by atoms with Crippen molar-refractivity contribution in [2.45, 2.75) is 26.2 Å². The van der Waals surface area contributed by atoms with E-state index in [1.807, 2.05) is 35.2 Å². The van der Waals surface area contributed by atoms with Crippen molar-refractivity contribution in [1.82, 2.24) is 19.9 Å². The van der Waals surface area contributed by atoms with E-state index in [0.717, 1.165) is 31.6 Å². The highest BCUT2D eigenvalue weighted by Gasteiger charge is 2.25. The molecule has 0 spiro atoms. The van der Waals surface area contributed by atoms with E-state index in [9.17, 15) is 4.79 Å². The first-order chi connectivity index (χ1) is 10.3. The molecular formula is C16H20N4O. The highest BCUT2D eigenvalue weighted by Crippen LogP contribution is 2.20. The smallest absolute Gasteiger partial charge is 0.276 e. The van der Waals surface area contributed by atoms with Gasteiger partial charge < -0.3 is 4.90 Å². The largest absolute Gasteiger partial charge is 0.337 e. The second kappa shape index (κ2) is 6.08. The Kier molecular flexibility index (Phi) is 3.99. The van der Waals surface area contributed by atoms with Gasteiger partial charge in [-0.2, -0.15) is 0 Å². The summed E-state index contributed by atoms with van der Waals surface area (Å²) in [5.41, 5.74) is 1.34. The summed E-state index contributed by atoms with van der Waals surface area (Å²) < 4.78 is 1.65. The molecule has 0 saturated carbocycles. The molecule has 21 heavy (non-hydrogen) atoms. The highest BCUT2D eigenvalue weighted by molar-refractivity contribution is 5.92. The molecule has 0 N–H and O–H groups in total. The van der Waals surface area contributed by atoms with E-state index >= 15 is 0 Å². The van der Waals surface area contributed by atoms with Gasteiger partial charge in [0.1, 0.15) is 0 Å². The second-order valence-corrected chi connectivity index (χ2v) is 5.55. The number of para-hydroxylation sites is 1. The number of aromatic nitrogens is 3. The maximum Gasteiger partial charge on any atom is 0.276 e. The summed E-state index contributed by atoms with van der Waals surface area (Å²) >= 11 is 0. The van der Waals surface area contributed by atoms with Crippen LogP contribution in [0.25, 0.3) is 5.69 Å². The predicted octanol–water partition coefficient (Wildman–Crippen LogP) is 2.53. The molecule has 1 aromatic heterocycles. The topological polar surface area (TPSA) is 51.0 Å². The van der Waals surface area contributed by atoms with Gasteiger partial charge in [0.2, 0.25) is 0 Å². The third kappa shape index (κ3) is 2.96. The minimum atomic E-state index is -0.00432. The van der Waals surface area contributed by atoms with Gasteiger partial charge in [-0.3, -0.25) is 4.79 Å². The number of nitrogens with zero attached hydrogens (tertiary/aromatic N) is 4.